The van der Waals surface area contributed by atoms with Crippen molar-refractivity contribution in [3.63, 3.8) is 0 Å². The molecule has 0 saturated carbocycles. The standard InChI is InChI=1S/C20H23NO4/c1-11-6-7-14(9-16(11)22)18-13(3)20(23)21(18)15-8-12(2)19(25-5)17(10-15)24-4/h6-10,13,18,22H,1-5H3/t13-,18-/m0/s1. The number of carbonyl (C=O) groups excluding carboxylic acids is 1. The number of methoxy groups -OCH3 is 2. The second-order valence-electron chi connectivity index (χ2n) is 6.49. The lowest BCUT2D eigenvalue weighted by Gasteiger charge is -2.46. The third kappa shape index (κ3) is 2.69. The Kier molecular flexibility index (Phi) is 4.33. The maximum absolute atomic E-state index is 12.6. The zero-order valence-electron chi connectivity index (χ0n) is 15.2. The molecule has 1 amide bonds. The van der Waals surface area contributed by atoms with Crippen LogP contribution in [0.15, 0.2) is 30.3 Å². The van der Waals surface area contributed by atoms with Gasteiger partial charge >= 0.3 is 0 Å². The minimum absolute atomic E-state index is 0.0525. The molecule has 1 aliphatic rings. The fraction of sp³-hybridized carbons (Fsp3) is 0.350. The summed E-state index contributed by atoms with van der Waals surface area (Å²) in [5.41, 5.74) is 3.40. The maximum atomic E-state index is 12.6. The summed E-state index contributed by atoms with van der Waals surface area (Å²) >= 11 is 0. The molecule has 132 valence electrons. The number of phenols is 1. The van der Waals surface area contributed by atoms with E-state index in [4.69, 9.17) is 9.47 Å². The second-order valence-corrected chi connectivity index (χ2v) is 6.49. The van der Waals surface area contributed by atoms with E-state index in [1.54, 1.807) is 25.2 Å². The van der Waals surface area contributed by atoms with Crippen molar-refractivity contribution in [2.24, 2.45) is 5.92 Å². The molecule has 1 N–H and O–H groups in total. The maximum Gasteiger partial charge on any atom is 0.232 e. The highest BCUT2D eigenvalue weighted by atomic mass is 16.5. The van der Waals surface area contributed by atoms with Gasteiger partial charge in [-0.1, -0.05) is 19.1 Å². The molecule has 2 atom stereocenters. The number of phenolic OH excluding ortho intramolecular Hbond substituents is 1. The molecule has 0 bridgehead atoms. The molecule has 5 nitrogen and oxygen atoms in total. The number of nitrogens with zero attached hydrogens (tertiary/aromatic N) is 1. The summed E-state index contributed by atoms with van der Waals surface area (Å²) in [6.07, 6.45) is 0. The first-order valence-electron chi connectivity index (χ1n) is 8.24. The molecule has 0 aromatic heterocycles. The number of carbonyl (C=O) groups is 1. The summed E-state index contributed by atoms with van der Waals surface area (Å²) in [6, 6.07) is 9.20. The molecule has 0 unspecified atom stereocenters. The van der Waals surface area contributed by atoms with Gasteiger partial charge in [0.2, 0.25) is 5.91 Å². The van der Waals surface area contributed by atoms with Crippen molar-refractivity contribution in [2.45, 2.75) is 26.8 Å². The van der Waals surface area contributed by atoms with Crippen LogP contribution in [0.1, 0.15) is 29.7 Å². The molecule has 1 fully saturated rings. The van der Waals surface area contributed by atoms with Gasteiger partial charge in [0.05, 0.1) is 26.2 Å². The number of aryl methyl sites for hydroxylation is 2. The van der Waals surface area contributed by atoms with Crippen LogP contribution < -0.4 is 14.4 Å². The van der Waals surface area contributed by atoms with Crippen molar-refractivity contribution < 1.29 is 19.4 Å². The van der Waals surface area contributed by atoms with Gasteiger partial charge in [0.25, 0.3) is 0 Å². The number of amides is 1. The Balaban J connectivity index is 2.04. The van der Waals surface area contributed by atoms with Crippen molar-refractivity contribution >= 4 is 11.6 Å². The lowest BCUT2D eigenvalue weighted by atomic mass is 9.82. The van der Waals surface area contributed by atoms with Crippen LogP contribution in [0.3, 0.4) is 0 Å². The van der Waals surface area contributed by atoms with Gasteiger partial charge in [-0.05, 0) is 42.7 Å². The largest absolute Gasteiger partial charge is 0.508 e. The minimum atomic E-state index is -0.143. The van der Waals surface area contributed by atoms with Crippen molar-refractivity contribution in [1.82, 2.24) is 0 Å². The first-order valence-corrected chi connectivity index (χ1v) is 8.24. The lowest BCUT2D eigenvalue weighted by Crippen LogP contribution is -2.54. The quantitative estimate of drug-likeness (QED) is 0.861. The first-order chi connectivity index (χ1) is 11.9. The predicted molar refractivity (Wildman–Crippen MR) is 96.5 cm³/mol. The molecular formula is C20H23NO4. The average molecular weight is 341 g/mol. The zero-order chi connectivity index (χ0) is 18.3. The normalized spacial score (nSPS) is 19.6. The number of aromatic hydroxyl groups is 1. The van der Waals surface area contributed by atoms with Crippen LogP contribution in [0.5, 0.6) is 17.2 Å². The molecule has 1 aliphatic heterocycles. The van der Waals surface area contributed by atoms with E-state index in [1.807, 2.05) is 45.0 Å². The second kappa shape index (κ2) is 6.31. The number of ether oxygens (including phenoxy) is 2. The van der Waals surface area contributed by atoms with Crippen LogP contribution in [0.2, 0.25) is 0 Å². The molecule has 25 heavy (non-hydrogen) atoms. The van der Waals surface area contributed by atoms with Crippen LogP contribution >= 0.6 is 0 Å². The van der Waals surface area contributed by atoms with Gasteiger partial charge in [0, 0.05) is 11.8 Å². The highest BCUT2D eigenvalue weighted by molar-refractivity contribution is 6.03. The minimum Gasteiger partial charge on any atom is -0.508 e. The van der Waals surface area contributed by atoms with Gasteiger partial charge in [0.1, 0.15) is 5.75 Å². The summed E-state index contributed by atoms with van der Waals surface area (Å²) in [5.74, 6) is 1.41. The molecule has 3 rings (SSSR count). The number of hydrogen-bond donors (Lipinski definition) is 1. The average Bonchev–Trinajstić information content (AvgIpc) is 2.60. The van der Waals surface area contributed by atoms with E-state index in [1.165, 1.54) is 0 Å². The van der Waals surface area contributed by atoms with Crippen molar-refractivity contribution in [2.75, 3.05) is 19.1 Å². The Bertz CT molecular complexity index is 831. The van der Waals surface area contributed by atoms with Crippen LogP contribution in [-0.4, -0.2) is 25.2 Å². The molecule has 1 saturated heterocycles. The molecule has 0 aliphatic carbocycles. The predicted octanol–water partition coefficient (Wildman–Crippen LogP) is 3.75. The third-order valence-corrected chi connectivity index (χ3v) is 4.88. The number of anilines is 1. The van der Waals surface area contributed by atoms with Crippen LogP contribution in [0, 0.1) is 19.8 Å². The lowest BCUT2D eigenvalue weighted by molar-refractivity contribution is -0.129. The molecular weight excluding hydrogens is 318 g/mol. The van der Waals surface area contributed by atoms with Crippen molar-refractivity contribution in [1.29, 1.82) is 0 Å². The highest BCUT2D eigenvalue weighted by Gasteiger charge is 2.46. The summed E-state index contributed by atoms with van der Waals surface area (Å²) in [7, 11) is 3.18. The monoisotopic (exact) mass is 341 g/mol. The summed E-state index contributed by atoms with van der Waals surface area (Å²) in [5, 5.41) is 10.0. The molecule has 0 spiro atoms. The Hall–Kier alpha value is -2.69. The number of benzene rings is 2. The van der Waals surface area contributed by atoms with Gasteiger partial charge in [-0.3, -0.25) is 4.79 Å². The molecule has 2 aromatic carbocycles. The molecule has 2 aromatic rings. The van der Waals surface area contributed by atoms with E-state index >= 15 is 0 Å². The first kappa shape index (κ1) is 17.1. The Morgan fingerprint density at radius 1 is 1.04 bits per heavy atom. The van der Waals surface area contributed by atoms with Gasteiger partial charge in [-0.15, -0.1) is 0 Å². The van der Waals surface area contributed by atoms with Gasteiger partial charge < -0.3 is 19.5 Å². The van der Waals surface area contributed by atoms with Crippen molar-refractivity contribution in [3.05, 3.63) is 47.0 Å². The van der Waals surface area contributed by atoms with Crippen LogP contribution in [0.4, 0.5) is 5.69 Å². The Morgan fingerprint density at radius 2 is 1.76 bits per heavy atom. The van der Waals surface area contributed by atoms with Gasteiger partial charge in [-0.25, -0.2) is 0 Å². The fourth-order valence-electron chi connectivity index (χ4n) is 3.44. The van der Waals surface area contributed by atoms with Crippen LogP contribution in [-0.2, 0) is 4.79 Å². The van der Waals surface area contributed by atoms with Crippen LogP contribution in [0.25, 0.3) is 0 Å². The number of rotatable bonds is 4. The van der Waals surface area contributed by atoms with E-state index in [2.05, 4.69) is 0 Å². The molecule has 0 radical (unpaired) electrons. The molecule has 1 heterocycles. The smallest absolute Gasteiger partial charge is 0.232 e. The summed E-state index contributed by atoms with van der Waals surface area (Å²) in [4.78, 5) is 14.3. The molecule has 5 heteroatoms. The zero-order valence-corrected chi connectivity index (χ0v) is 15.2. The van der Waals surface area contributed by atoms with E-state index in [-0.39, 0.29) is 23.6 Å². The van der Waals surface area contributed by atoms with E-state index in [0.717, 1.165) is 22.4 Å². The van der Waals surface area contributed by atoms with Crippen molar-refractivity contribution in [3.8, 4) is 17.2 Å². The summed E-state index contributed by atoms with van der Waals surface area (Å²) < 4.78 is 10.8. The number of β-lactam (4-membered cyclic amide) rings is 1. The SMILES string of the molecule is COc1cc(N2C(=O)[C@@H](C)[C@H]2c2ccc(C)c(O)c2)cc(C)c1OC. The summed E-state index contributed by atoms with van der Waals surface area (Å²) in [6.45, 7) is 5.68. The van der Waals surface area contributed by atoms with Gasteiger partial charge in [-0.2, -0.15) is 0 Å². The topological polar surface area (TPSA) is 59.0 Å². The number of hydrogen-bond acceptors (Lipinski definition) is 4. The highest BCUT2D eigenvalue weighted by Crippen LogP contribution is 2.46. The van der Waals surface area contributed by atoms with Gasteiger partial charge in [0.15, 0.2) is 11.5 Å². The van der Waals surface area contributed by atoms with E-state index in [9.17, 15) is 9.90 Å². The third-order valence-electron chi connectivity index (χ3n) is 4.88. The Labute approximate surface area is 147 Å². The Morgan fingerprint density at radius 3 is 2.36 bits per heavy atom. The van der Waals surface area contributed by atoms with E-state index < -0.39 is 0 Å². The van der Waals surface area contributed by atoms with E-state index in [0.29, 0.717) is 11.5 Å². The fourth-order valence-corrected chi connectivity index (χ4v) is 3.44.